The molecule has 3 nitrogen and oxygen atoms in total. The fourth-order valence-electron chi connectivity index (χ4n) is 2.15. The molecule has 1 aromatic rings. The van der Waals surface area contributed by atoms with Gasteiger partial charge in [-0.2, -0.15) is 0 Å². The fraction of sp³-hybridized carbons (Fsp3) is 0.615. The van der Waals surface area contributed by atoms with E-state index in [1.165, 1.54) is 37.2 Å². The lowest BCUT2D eigenvalue weighted by Gasteiger charge is -2.26. The van der Waals surface area contributed by atoms with Gasteiger partial charge in [0.2, 0.25) is 0 Å². The van der Waals surface area contributed by atoms with Crippen molar-refractivity contribution in [1.29, 1.82) is 0 Å². The number of likely N-dealkylation sites (tertiary alicyclic amines) is 1. The van der Waals surface area contributed by atoms with Gasteiger partial charge in [0.05, 0.1) is 4.88 Å². The highest BCUT2D eigenvalue weighted by atomic mass is 32.1. The summed E-state index contributed by atoms with van der Waals surface area (Å²) in [5, 5.41) is 2.99. The Hall–Kier alpha value is -0.870. The standard InChI is InChI=1S/C13H20N2OS/c1-11-5-6-12(17-11)13(16)14-7-10-15-8-3-2-4-9-15/h5-6H,2-4,7-10H2,1H3,(H,14,16). The van der Waals surface area contributed by atoms with E-state index in [0.29, 0.717) is 0 Å². The van der Waals surface area contributed by atoms with Crippen LogP contribution in [0.1, 0.15) is 33.8 Å². The van der Waals surface area contributed by atoms with E-state index < -0.39 is 0 Å². The summed E-state index contributed by atoms with van der Waals surface area (Å²) in [7, 11) is 0. The van der Waals surface area contributed by atoms with Crippen molar-refractivity contribution in [2.45, 2.75) is 26.2 Å². The van der Waals surface area contributed by atoms with Crippen molar-refractivity contribution in [3.05, 3.63) is 21.9 Å². The molecule has 94 valence electrons. The molecule has 0 aromatic carbocycles. The third kappa shape index (κ3) is 3.82. The maximum absolute atomic E-state index is 11.8. The molecule has 0 aliphatic carbocycles. The zero-order valence-corrected chi connectivity index (χ0v) is 11.2. The van der Waals surface area contributed by atoms with E-state index in [4.69, 9.17) is 0 Å². The Morgan fingerprint density at radius 1 is 1.35 bits per heavy atom. The Morgan fingerprint density at radius 2 is 2.12 bits per heavy atom. The van der Waals surface area contributed by atoms with Crippen LogP contribution in [0.4, 0.5) is 0 Å². The molecule has 0 radical (unpaired) electrons. The van der Waals surface area contributed by atoms with Crippen LogP contribution in [-0.2, 0) is 0 Å². The molecular weight excluding hydrogens is 232 g/mol. The van der Waals surface area contributed by atoms with Gasteiger partial charge in [-0.25, -0.2) is 0 Å². The average molecular weight is 252 g/mol. The first kappa shape index (κ1) is 12.6. The van der Waals surface area contributed by atoms with Crippen molar-refractivity contribution in [3.63, 3.8) is 0 Å². The second-order valence-electron chi connectivity index (χ2n) is 4.57. The molecule has 0 bridgehead atoms. The average Bonchev–Trinajstić information content (AvgIpc) is 2.77. The molecular formula is C13H20N2OS. The zero-order chi connectivity index (χ0) is 12.1. The predicted molar refractivity (Wildman–Crippen MR) is 71.7 cm³/mol. The second kappa shape index (κ2) is 6.17. The summed E-state index contributed by atoms with van der Waals surface area (Å²) in [6.45, 7) is 6.14. The summed E-state index contributed by atoms with van der Waals surface area (Å²) in [5.41, 5.74) is 0. The Kier molecular flexibility index (Phi) is 4.57. The molecule has 1 saturated heterocycles. The van der Waals surface area contributed by atoms with E-state index in [9.17, 15) is 4.79 Å². The number of carbonyl (C=O) groups excluding carboxylic acids is 1. The summed E-state index contributed by atoms with van der Waals surface area (Å²) in [5.74, 6) is 0.0695. The number of carbonyl (C=O) groups is 1. The first-order chi connectivity index (χ1) is 8.25. The van der Waals surface area contributed by atoms with Crippen LogP contribution in [0.25, 0.3) is 0 Å². The lowest BCUT2D eigenvalue weighted by Crippen LogP contribution is -2.37. The van der Waals surface area contributed by atoms with Gasteiger partial charge in [-0.1, -0.05) is 6.42 Å². The summed E-state index contributed by atoms with van der Waals surface area (Å²) < 4.78 is 0. The molecule has 0 spiro atoms. The van der Waals surface area contributed by atoms with Crippen molar-refractivity contribution in [2.24, 2.45) is 0 Å². The molecule has 0 atom stereocenters. The minimum Gasteiger partial charge on any atom is -0.350 e. The first-order valence-electron chi connectivity index (χ1n) is 6.33. The number of aryl methyl sites for hydroxylation is 1. The van der Waals surface area contributed by atoms with Gasteiger partial charge in [0.1, 0.15) is 0 Å². The van der Waals surface area contributed by atoms with Crippen molar-refractivity contribution in [2.75, 3.05) is 26.2 Å². The molecule has 2 heterocycles. The highest BCUT2D eigenvalue weighted by Crippen LogP contribution is 2.14. The van der Waals surface area contributed by atoms with E-state index in [-0.39, 0.29) is 5.91 Å². The van der Waals surface area contributed by atoms with Gasteiger partial charge >= 0.3 is 0 Å². The molecule has 1 N–H and O–H groups in total. The molecule has 2 rings (SSSR count). The van der Waals surface area contributed by atoms with E-state index >= 15 is 0 Å². The van der Waals surface area contributed by atoms with Crippen LogP contribution in [0, 0.1) is 6.92 Å². The van der Waals surface area contributed by atoms with Gasteiger partial charge in [-0.05, 0) is 45.0 Å². The van der Waals surface area contributed by atoms with Crippen LogP contribution in [0.15, 0.2) is 12.1 Å². The van der Waals surface area contributed by atoms with E-state index in [1.807, 2.05) is 19.1 Å². The number of hydrogen-bond acceptors (Lipinski definition) is 3. The molecule has 1 aromatic heterocycles. The van der Waals surface area contributed by atoms with Crippen LogP contribution in [0.2, 0.25) is 0 Å². The number of piperidine rings is 1. The van der Waals surface area contributed by atoms with Gasteiger partial charge in [-0.15, -0.1) is 11.3 Å². The third-order valence-corrected chi connectivity index (χ3v) is 4.13. The molecule has 4 heteroatoms. The molecule has 0 saturated carbocycles. The highest BCUT2D eigenvalue weighted by Gasteiger charge is 2.11. The monoisotopic (exact) mass is 252 g/mol. The largest absolute Gasteiger partial charge is 0.350 e. The molecule has 1 aliphatic rings. The number of amides is 1. The smallest absolute Gasteiger partial charge is 0.261 e. The molecule has 1 aliphatic heterocycles. The molecule has 17 heavy (non-hydrogen) atoms. The van der Waals surface area contributed by atoms with Gasteiger partial charge in [0, 0.05) is 18.0 Å². The normalized spacial score (nSPS) is 17.0. The maximum Gasteiger partial charge on any atom is 0.261 e. The summed E-state index contributed by atoms with van der Waals surface area (Å²) >= 11 is 1.56. The van der Waals surface area contributed by atoms with Gasteiger partial charge < -0.3 is 10.2 Å². The number of thiophene rings is 1. The lowest BCUT2D eigenvalue weighted by atomic mass is 10.1. The highest BCUT2D eigenvalue weighted by molar-refractivity contribution is 7.13. The van der Waals surface area contributed by atoms with Crippen LogP contribution in [-0.4, -0.2) is 37.0 Å². The summed E-state index contributed by atoms with van der Waals surface area (Å²) in [6, 6.07) is 3.89. The van der Waals surface area contributed by atoms with Gasteiger partial charge in [0.15, 0.2) is 0 Å². The van der Waals surface area contributed by atoms with E-state index in [0.717, 1.165) is 18.0 Å². The molecule has 1 amide bonds. The minimum absolute atomic E-state index is 0.0695. The third-order valence-electron chi connectivity index (χ3n) is 3.13. The van der Waals surface area contributed by atoms with Crippen LogP contribution in [0.3, 0.4) is 0 Å². The predicted octanol–water partition coefficient (Wildman–Crippen LogP) is 2.27. The lowest BCUT2D eigenvalue weighted by molar-refractivity contribution is 0.0950. The van der Waals surface area contributed by atoms with E-state index in [1.54, 1.807) is 11.3 Å². The Labute approximate surface area is 107 Å². The van der Waals surface area contributed by atoms with Crippen molar-refractivity contribution in [3.8, 4) is 0 Å². The summed E-state index contributed by atoms with van der Waals surface area (Å²) in [6.07, 6.45) is 3.97. The van der Waals surface area contributed by atoms with Gasteiger partial charge in [0.25, 0.3) is 5.91 Å². The van der Waals surface area contributed by atoms with Crippen molar-refractivity contribution >= 4 is 17.2 Å². The molecule has 1 fully saturated rings. The second-order valence-corrected chi connectivity index (χ2v) is 5.86. The number of nitrogens with zero attached hydrogens (tertiary/aromatic N) is 1. The Balaban J connectivity index is 1.69. The number of hydrogen-bond donors (Lipinski definition) is 1. The van der Waals surface area contributed by atoms with Crippen LogP contribution in [0.5, 0.6) is 0 Å². The zero-order valence-electron chi connectivity index (χ0n) is 10.4. The summed E-state index contributed by atoms with van der Waals surface area (Å²) in [4.78, 5) is 16.2. The van der Waals surface area contributed by atoms with Crippen LogP contribution >= 0.6 is 11.3 Å². The van der Waals surface area contributed by atoms with Crippen molar-refractivity contribution in [1.82, 2.24) is 10.2 Å². The quantitative estimate of drug-likeness (QED) is 0.891. The fourth-order valence-corrected chi connectivity index (χ4v) is 2.94. The topological polar surface area (TPSA) is 32.3 Å². The van der Waals surface area contributed by atoms with Crippen molar-refractivity contribution < 1.29 is 4.79 Å². The number of nitrogens with one attached hydrogen (secondary N) is 1. The molecule has 0 unspecified atom stereocenters. The number of rotatable bonds is 4. The SMILES string of the molecule is Cc1ccc(C(=O)NCCN2CCCCC2)s1. The minimum atomic E-state index is 0.0695. The van der Waals surface area contributed by atoms with Crippen LogP contribution < -0.4 is 5.32 Å². The maximum atomic E-state index is 11.8. The Morgan fingerprint density at radius 3 is 2.76 bits per heavy atom. The first-order valence-corrected chi connectivity index (χ1v) is 7.14. The Bertz CT molecular complexity index is 369. The van der Waals surface area contributed by atoms with E-state index in [2.05, 4.69) is 10.2 Å². The van der Waals surface area contributed by atoms with Gasteiger partial charge in [-0.3, -0.25) is 4.79 Å².